The highest BCUT2D eigenvalue weighted by Crippen LogP contribution is 2.17. The molecule has 2 aromatic carbocycles. The first-order valence-corrected chi connectivity index (χ1v) is 7.92. The second-order valence-corrected chi connectivity index (χ2v) is 6.41. The second-order valence-electron chi connectivity index (χ2n) is 3.87. The van der Waals surface area contributed by atoms with E-state index < -0.39 is 15.0 Å². The Labute approximate surface area is 122 Å². The van der Waals surface area contributed by atoms with Crippen LogP contribution in [0.4, 0.5) is 0 Å². The molecule has 0 saturated heterocycles. The van der Waals surface area contributed by atoms with Gasteiger partial charge in [-0.25, -0.2) is 13.2 Å². The molecule has 0 aromatic heterocycles. The van der Waals surface area contributed by atoms with Crippen LogP contribution in [0.2, 0.25) is 0 Å². The quantitative estimate of drug-likeness (QED) is 0.864. The van der Waals surface area contributed by atoms with Crippen LogP contribution in [0, 0.1) is 6.92 Å². The summed E-state index contributed by atoms with van der Waals surface area (Å²) in [6.07, 6.45) is 0. The largest absolute Gasteiger partial charge is 0.478 e. The lowest BCUT2D eigenvalue weighted by atomic mass is 10.2. The third kappa shape index (κ3) is 5.03. The van der Waals surface area contributed by atoms with E-state index in [4.69, 9.17) is 15.8 Å². The first kappa shape index (κ1) is 16.2. The molecule has 0 bridgehead atoms. The van der Waals surface area contributed by atoms with Crippen LogP contribution in [0.1, 0.15) is 15.9 Å². The number of carboxylic acids is 1. The smallest absolute Gasteiger partial charge is 0.335 e. The van der Waals surface area contributed by atoms with Crippen LogP contribution < -0.4 is 0 Å². The molecule has 0 amide bonds. The molecule has 106 valence electrons. The zero-order chi connectivity index (χ0) is 15.2. The number of carboxylic acid groups (broad SMARTS) is 1. The van der Waals surface area contributed by atoms with Crippen LogP contribution in [-0.2, 0) is 9.05 Å². The summed E-state index contributed by atoms with van der Waals surface area (Å²) >= 11 is 0. The third-order valence-electron chi connectivity index (χ3n) is 2.38. The van der Waals surface area contributed by atoms with Gasteiger partial charge in [-0.1, -0.05) is 36.4 Å². The highest BCUT2D eigenvalue weighted by molar-refractivity contribution is 8.13. The van der Waals surface area contributed by atoms with Crippen molar-refractivity contribution in [3.8, 4) is 0 Å². The van der Waals surface area contributed by atoms with Crippen LogP contribution in [0.25, 0.3) is 0 Å². The summed E-state index contributed by atoms with van der Waals surface area (Å²) in [4.78, 5) is 10.4. The second kappa shape index (κ2) is 7.07. The number of halogens is 1. The molecule has 0 saturated carbocycles. The minimum atomic E-state index is -3.56. The first-order valence-electron chi connectivity index (χ1n) is 5.61. The van der Waals surface area contributed by atoms with Crippen LogP contribution >= 0.6 is 10.7 Å². The summed E-state index contributed by atoms with van der Waals surface area (Å²) in [5, 5.41) is 8.38. The van der Waals surface area contributed by atoms with E-state index in [1.165, 1.54) is 6.07 Å². The Balaban J connectivity index is 0.000000204. The lowest BCUT2D eigenvalue weighted by Gasteiger charge is -1.98. The molecule has 6 heteroatoms. The van der Waals surface area contributed by atoms with Gasteiger partial charge in [-0.2, -0.15) is 0 Å². The Morgan fingerprint density at radius 1 is 1.00 bits per heavy atom. The predicted octanol–water partition coefficient (Wildman–Crippen LogP) is 3.31. The molecular formula is C14H13ClO4S. The Morgan fingerprint density at radius 3 is 1.85 bits per heavy atom. The van der Waals surface area contributed by atoms with Crippen LogP contribution in [0.5, 0.6) is 0 Å². The Morgan fingerprint density at radius 2 is 1.50 bits per heavy atom. The van der Waals surface area contributed by atoms with Crippen molar-refractivity contribution >= 4 is 25.7 Å². The van der Waals surface area contributed by atoms with Crippen molar-refractivity contribution in [1.29, 1.82) is 0 Å². The average molecular weight is 313 g/mol. The number of hydrogen-bond acceptors (Lipinski definition) is 3. The van der Waals surface area contributed by atoms with Crippen molar-refractivity contribution in [2.75, 3.05) is 0 Å². The molecule has 0 unspecified atom stereocenters. The van der Waals surface area contributed by atoms with Gasteiger partial charge in [0.1, 0.15) is 0 Å². The van der Waals surface area contributed by atoms with Gasteiger partial charge in [0.05, 0.1) is 10.5 Å². The van der Waals surface area contributed by atoms with Gasteiger partial charge in [-0.3, -0.25) is 0 Å². The molecule has 0 fully saturated rings. The van der Waals surface area contributed by atoms with E-state index in [0.717, 1.165) is 0 Å². The average Bonchev–Trinajstić information content (AvgIpc) is 2.39. The van der Waals surface area contributed by atoms with Gasteiger partial charge in [0.25, 0.3) is 9.05 Å². The molecule has 0 heterocycles. The maximum absolute atomic E-state index is 10.8. The summed E-state index contributed by atoms with van der Waals surface area (Å²) < 4.78 is 21.6. The summed E-state index contributed by atoms with van der Waals surface area (Å²) in [6, 6.07) is 14.9. The molecule has 0 atom stereocenters. The monoisotopic (exact) mass is 312 g/mol. The van der Waals surface area contributed by atoms with Crippen molar-refractivity contribution in [2.24, 2.45) is 0 Å². The minimum absolute atomic E-state index is 0.182. The Hall–Kier alpha value is -1.85. The fourth-order valence-electron chi connectivity index (χ4n) is 1.41. The van der Waals surface area contributed by atoms with E-state index in [1.54, 1.807) is 55.5 Å². The lowest BCUT2D eigenvalue weighted by Crippen LogP contribution is -1.93. The van der Waals surface area contributed by atoms with Crippen LogP contribution in [-0.4, -0.2) is 19.5 Å². The van der Waals surface area contributed by atoms with E-state index in [9.17, 15) is 13.2 Å². The molecule has 0 aliphatic rings. The van der Waals surface area contributed by atoms with Gasteiger partial charge >= 0.3 is 5.97 Å². The predicted molar refractivity (Wildman–Crippen MR) is 77.6 cm³/mol. The molecule has 2 rings (SSSR count). The first-order chi connectivity index (χ1) is 9.32. The van der Waals surface area contributed by atoms with Gasteiger partial charge in [-0.05, 0) is 30.7 Å². The van der Waals surface area contributed by atoms with E-state index >= 15 is 0 Å². The molecule has 1 N–H and O–H groups in total. The molecule has 0 spiro atoms. The molecule has 0 aliphatic carbocycles. The number of benzene rings is 2. The maximum atomic E-state index is 10.8. The summed E-state index contributed by atoms with van der Waals surface area (Å²) in [7, 11) is 1.57. The number of rotatable bonds is 2. The van der Waals surface area contributed by atoms with Crippen molar-refractivity contribution in [3.05, 3.63) is 65.7 Å². The molecule has 0 radical (unpaired) electrons. The standard InChI is InChI=1S/C7H7ClO2S.C7H6O2/c1-6-4-2-3-5-7(6)11(8,9)10;8-7(9)6-4-2-1-3-5-6/h2-5H,1H3;1-5H,(H,8,9). The van der Waals surface area contributed by atoms with E-state index in [1.807, 2.05) is 0 Å². The Bertz CT molecular complexity index is 681. The van der Waals surface area contributed by atoms with Gasteiger partial charge < -0.3 is 5.11 Å². The van der Waals surface area contributed by atoms with Gasteiger partial charge in [0.15, 0.2) is 0 Å². The molecule has 20 heavy (non-hydrogen) atoms. The normalized spacial score (nSPS) is 10.3. The molecular weight excluding hydrogens is 300 g/mol. The fraction of sp³-hybridized carbons (Fsp3) is 0.0714. The zero-order valence-corrected chi connectivity index (χ0v) is 12.2. The van der Waals surface area contributed by atoms with E-state index in [0.29, 0.717) is 11.1 Å². The van der Waals surface area contributed by atoms with Crippen LogP contribution in [0.15, 0.2) is 59.5 Å². The minimum Gasteiger partial charge on any atom is -0.478 e. The highest BCUT2D eigenvalue weighted by Gasteiger charge is 2.10. The maximum Gasteiger partial charge on any atom is 0.335 e. The van der Waals surface area contributed by atoms with Crippen molar-refractivity contribution in [2.45, 2.75) is 11.8 Å². The van der Waals surface area contributed by atoms with Crippen LogP contribution in [0.3, 0.4) is 0 Å². The topological polar surface area (TPSA) is 71.4 Å². The lowest BCUT2D eigenvalue weighted by molar-refractivity contribution is 0.0697. The van der Waals surface area contributed by atoms with E-state index in [-0.39, 0.29) is 4.90 Å². The summed E-state index contributed by atoms with van der Waals surface area (Å²) in [5.41, 5.74) is 1.00. The van der Waals surface area contributed by atoms with Gasteiger partial charge in [0, 0.05) is 10.7 Å². The van der Waals surface area contributed by atoms with Gasteiger partial charge in [0.2, 0.25) is 0 Å². The van der Waals surface area contributed by atoms with E-state index in [2.05, 4.69) is 0 Å². The van der Waals surface area contributed by atoms with Crippen molar-refractivity contribution < 1.29 is 18.3 Å². The number of aromatic carboxylic acids is 1. The number of aryl methyl sites for hydroxylation is 1. The third-order valence-corrected chi connectivity index (χ3v) is 3.86. The zero-order valence-electron chi connectivity index (χ0n) is 10.7. The number of carbonyl (C=O) groups is 1. The number of hydrogen-bond donors (Lipinski definition) is 1. The molecule has 4 nitrogen and oxygen atoms in total. The van der Waals surface area contributed by atoms with Crippen molar-refractivity contribution in [1.82, 2.24) is 0 Å². The summed E-state index contributed by atoms with van der Waals surface area (Å²) in [6.45, 7) is 1.70. The SMILES string of the molecule is Cc1ccccc1S(=O)(=O)Cl.O=C(O)c1ccccc1. The Kier molecular flexibility index (Phi) is 5.73. The molecule has 0 aliphatic heterocycles. The summed E-state index contributed by atoms with van der Waals surface area (Å²) in [5.74, 6) is -0.879. The van der Waals surface area contributed by atoms with Gasteiger partial charge in [-0.15, -0.1) is 0 Å². The highest BCUT2D eigenvalue weighted by atomic mass is 35.7. The van der Waals surface area contributed by atoms with Crippen molar-refractivity contribution in [3.63, 3.8) is 0 Å². The molecule has 2 aromatic rings. The fourth-order valence-corrected chi connectivity index (χ4v) is 2.62.